The maximum Gasteiger partial charge on any atom is 0.204 e. The lowest BCUT2D eigenvalue weighted by molar-refractivity contribution is 0.127. The van der Waals surface area contributed by atoms with Gasteiger partial charge in [-0.05, 0) is 112 Å². The van der Waals surface area contributed by atoms with E-state index in [1.165, 1.54) is 69.9 Å². The Labute approximate surface area is 205 Å². The molecule has 4 heteroatoms. The van der Waals surface area contributed by atoms with Gasteiger partial charge in [-0.3, -0.25) is 0 Å². The number of rotatable bonds is 9. The summed E-state index contributed by atoms with van der Waals surface area (Å²) in [6.45, 7) is 7.13. The van der Waals surface area contributed by atoms with Crippen LogP contribution in [0.25, 0.3) is 0 Å². The second kappa shape index (κ2) is 12.4. The van der Waals surface area contributed by atoms with Gasteiger partial charge in [0.25, 0.3) is 0 Å². The lowest BCUT2D eigenvalue weighted by atomic mass is 9.69. The van der Waals surface area contributed by atoms with Crippen LogP contribution >= 0.6 is 0 Å². The van der Waals surface area contributed by atoms with Gasteiger partial charge >= 0.3 is 0 Å². The molecule has 0 unspecified atom stereocenters. The van der Waals surface area contributed by atoms with E-state index in [2.05, 4.69) is 19.6 Å². The highest BCUT2D eigenvalue weighted by atomic mass is 19.2. The smallest absolute Gasteiger partial charge is 0.204 e. The predicted octanol–water partition coefficient (Wildman–Crippen LogP) is 8.74. The summed E-state index contributed by atoms with van der Waals surface area (Å²) in [5.74, 6) is 2.27. The van der Waals surface area contributed by atoms with E-state index < -0.39 is 11.6 Å². The third-order valence-corrected chi connectivity index (χ3v) is 9.21. The highest BCUT2D eigenvalue weighted by Crippen LogP contribution is 2.42. The van der Waals surface area contributed by atoms with Crippen molar-refractivity contribution in [3.05, 3.63) is 36.4 Å². The van der Waals surface area contributed by atoms with Crippen LogP contribution in [-0.2, 0) is 0 Å². The van der Waals surface area contributed by atoms with Crippen LogP contribution in [0.4, 0.5) is 8.78 Å². The minimum absolute atomic E-state index is 0.00847. The van der Waals surface area contributed by atoms with E-state index in [1.807, 2.05) is 0 Å². The molecule has 1 aromatic rings. The molecule has 2 nitrogen and oxygen atoms in total. The normalized spacial score (nSPS) is 32.2. The van der Waals surface area contributed by atoms with E-state index in [9.17, 15) is 8.78 Å². The van der Waals surface area contributed by atoms with Crippen molar-refractivity contribution in [1.82, 2.24) is 0 Å². The van der Waals surface area contributed by atoms with E-state index in [0.29, 0.717) is 31.0 Å². The molecule has 0 saturated heterocycles. The molecule has 0 N–H and O–H groups in total. The molecule has 3 saturated carbocycles. The van der Waals surface area contributed by atoms with Crippen LogP contribution in [0.3, 0.4) is 0 Å². The topological polar surface area (TPSA) is 18.5 Å². The first kappa shape index (κ1) is 25.5. The number of allylic oxidation sites excluding steroid dienone is 1. The summed E-state index contributed by atoms with van der Waals surface area (Å²) in [6, 6.07) is 3.06. The maximum atomic E-state index is 14.7. The van der Waals surface area contributed by atoms with Gasteiger partial charge < -0.3 is 9.47 Å². The number of hydrogen-bond acceptors (Lipinski definition) is 2. The molecular weight excluding hydrogens is 430 g/mol. The first-order valence-electron chi connectivity index (χ1n) is 13.9. The Morgan fingerprint density at radius 2 is 1.12 bits per heavy atom. The first-order chi connectivity index (χ1) is 16.6. The fourth-order valence-electron chi connectivity index (χ4n) is 6.64. The Kier molecular flexibility index (Phi) is 9.31. The van der Waals surface area contributed by atoms with Gasteiger partial charge in [-0.1, -0.05) is 32.3 Å². The van der Waals surface area contributed by atoms with Gasteiger partial charge in [0.05, 0.1) is 13.2 Å². The van der Waals surface area contributed by atoms with E-state index in [1.54, 1.807) is 0 Å². The number of ether oxygens (including phenoxy) is 2. The summed E-state index contributed by atoms with van der Waals surface area (Å²) in [5, 5.41) is 0. The fraction of sp³-hybridized carbons (Fsp3) is 0.733. The van der Waals surface area contributed by atoms with Gasteiger partial charge in [-0.25, -0.2) is 0 Å². The van der Waals surface area contributed by atoms with Crippen LogP contribution in [0.1, 0.15) is 90.4 Å². The van der Waals surface area contributed by atoms with Crippen LogP contribution in [0.5, 0.6) is 11.5 Å². The summed E-state index contributed by atoms with van der Waals surface area (Å²) >= 11 is 0. The Bertz CT molecular complexity index is 770. The quantitative estimate of drug-likeness (QED) is 0.333. The summed E-state index contributed by atoms with van der Waals surface area (Å²) < 4.78 is 40.7. The zero-order valence-corrected chi connectivity index (χ0v) is 21.1. The molecule has 3 aliphatic carbocycles. The van der Waals surface area contributed by atoms with Gasteiger partial charge in [0, 0.05) is 0 Å². The SMILES string of the molecule is C=C[C@H]1CC[C@H](C2CCC(COc3ccc(OC[C@H]4CC[C@H](CC)CC4)c(F)c3F)CC2)CC1. The van der Waals surface area contributed by atoms with Crippen molar-refractivity contribution in [2.45, 2.75) is 90.4 Å². The van der Waals surface area contributed by atoms with E-state index in [-0.39, 0.29) is 11.5 Å². The predicted molar refractivity (Wildman–Crippen MR) is 134 cm³/mol. The van der Waals surface area contributed by atoms with E-state index >= 15 is 0 Å². The monoisotopic (exact) mass is 474 g/mol. The molecule has 0 aromatic heterocycles. The zero-order valence-electron chi connectivity index (χ0n) is 21.1. The minimum Gasteiger partial charge on any atom is -0.490 e. The minimum atomic E-state index is -0.918. The summed E-state index contributed by atoms with van der Waals surface area (Å²) in [4.78, 5) is 0. The molecule has 190 valence electrons. The molecule has 0 spiro atoms. The second-order valence-electron chi connectivity index (χ2n) is 11.3. The lowest BCUT2D eigenvalue weighted by Crippen LogP contribution is -2.27. The van der Waals surface area contributed by atoms with Crippen molar-refractivity contribution < 1.29 is 18.3 Å². The van der Waals surface area contributed by atoms with Crippen LogP contribution in [0, 0.1) is 47.1 Å². The first-order valence-corrected chi connectivity index (χ1v) is 13.9. The van der Waals surface area contributed by atoms with E-state index in [4.69, 9.17) is 9.47 Å². The van der Waals surface area contributed by atoms with Gasteiger partial charge in [0.2, 0.25) is 11.6 Å². The molecule has 0 atom stereocenters. The molecule has 1 aromatic carbocycles. The van der Waals surface area contributed by atoms with Crippen LogP contribution in [-0.4, -0.2) is 13.2 Å². The Morgan fingerprint density at radius 1 is 0.706 bits per heavy atom. The van der Waals surface area contributed by atoms with Gasteiger partial charge in [0.1, 0.15) is 0 Å². The summed E-state index contributed by atoms with van der Waals surface area (Å²) in [7, 11) is 0. The molecule has 0 radical (unpaired) electrons. The third kappa shape index (κ3) is 6.55. The fourth-order valence-corrected chi connectivity index (χ4v) is 6.64. The number of benzene rings is 1. The third-order valence-electron chi connectivity index (χ3n) is 9.21. The largest absolute Gasteiger partial charge is 0.490 e. The van der Waals surface area contributed by atoms with Crippen molar-refractivity contribution >= 4 is 0 Å². The molecule has 34 heavy (non-hydrogen) atoms. The van der Waals surface area contributed by atoms with Gasteiger partial charge in [-0.15, -0.1) is 6.58 Å². The Hall–Kier alpha value is -1.58. The van der Waals surface area contributed by atoms with Crippen molar-refractivity contribution in [2.75, 3.05) is 13.2 Å². The summed E-state index contributed by atoms with van der Waals surface area (Å²) in [6.07, 6.45) is 18.0. The molecule has 3 aliphatic rings. The molecule has 0 bridgehead atoms. The number of hydrogen-bond donors (Lipinski definition) is 0. The van der Waals surface area contributed by atoms with Crippen molar-refractivity contribution in [2.24, 2.45) is 35.5 Å². The van der Waals surface area contributed by atoms with Crippen LogP contribution in [0.2, 0.25) is 0 Å². The summed E-state index contributed by atoms with van der Waals surface area (Å²) in [5.41, 5.74) is 0. The molecule has 3 fully saturated rings. The lowest BCUT2D eigenvalue weighted by Gasteiger charge is -2.37. The van der Waals surface area contributed by atoms with Gasteiger partial charge in [0.15, 0.2) is 11.5 Å². The van der Waals surface area contributed by atoms with Crippen molar-refractivity contribution in [1.29, 1.82) is 0 Å². The molecule has 0 heterocycles. The highest BCUT2D eigenvalue weighted by Gasteiger charge is 2.30. The second-order valence-corrected chi connectivity index (χ2v) is 11.3. The Morgan fingerprint density at radius 3 is 1.56 bits per heavy atom. The maximum absolute atomic E-state index is 14.7. The molecular formula is C30H44F2O2. The van der Waals surface area contributed by atoms with Crippen molar-refractivity contribution in [3.63, 3.8) is 0 Å². The van der Waals surface area contributed by atoms with E-state index in [0.717, 1.165) is 43.4 Å². The zero-order chi connectivity index (χ0) is 23.9. The van der Waals surface area contributed by atoms with Crippen LogP contribution < -0.4 is 9.47 Å². The molecule has 0 aliphatic heterocycles. The Balaban J connectivity index is 1.19. The highest BCUT2D eigenvalue weighted by molar-refractivity contribution is 5.35. The van der Waals surface area contributed by atoms with Crippen LogP contribution in [0.15, 0.2) is 24.8 Å². The molecule has 4 rings (SSSR count). The van der Waals surface area contributed by atoms with Gasteiger partial charge in [-0.2, -0.15) is 8.78 Å². The average Bonchev–Trinajstić information content (AvgIpc) is 2.89. The molecule has 0 amide bonds. The standard InChI is InChI=1S/C30H44F2O2/c1-3-21-5-7-23(8-6-21)19-33-27-17-18-28(30(32)29(27)31)34-20-24-11-15-26(16-12-24)25-13-9-22(4-2)10-14-25/h4,17-18,21-26H,2-3,5-16,19-20H2,1H3/t21-,22-,23-,24?,25-,26?. The van der Waals surface area contributed by atoms with Crippen molar-refractivity contribution in [3.8, 4) is 11.5 Å². The average molecular weight is 475 g/mol. The number of halogens is 2.